The third-order valence-electron chi connectivity index (χ3n) is 3.72. The lowest BCUT2D eigenvalue weighted by Crippen LogP contribution is -2.46. The third-order valence-corrected chi connectivity index (χ3v) is 3.72. The molecule has 0 bridgehead atoms. The topological polar surface area (TPSA) is 112 Å². The van der Waals surface area contributed by atoms with Crippen molar-refractivity contribution >= 4 is 17.5 Å². The van der Waals surface area contributed by atoms with Crippen molar-refractivity contribution in [2.75, 3.05) is 0 Å². The number of aromatic hydroxyl groups is 1. The predicted octanol–water partition coefficient (Wildman–Crippen LogP) is 0.843. The van der Waals surface area contributed by atoms with E-state index in [9.17, 15) is 29.7 Å². The molecule has 2 aliphatic rings. The Kier molecular flexibility index (Phi) is 2.61. The van der Waals surface area contributed by atoms with E-state index in [4.69, 9.17) is 0 Å². The number of ketones is 2. The minimum absolute atomic E-state index is 0.00182. The van der Waals surface area contributed by atoms with Gasteiger partial charge in [0.15, 0.2) is 17.2 Å². The Labute approximate surface area is 118 Å². The van der Waals surface area contributed by atoms with Crippen LogP contribution in [0.4, 0.5) is 0 Å². The molecular weight excluding hydrogens is 276 g/mol. The first-order valence-corrected chi connectivity index (χ1v) is 6.16. The standard InChI is InChI=1S/C15H10O6/c16-9-5-1-3-7-10(9)13(18)11-8(12(7)17)4-2-6-15(11,21)14(19)20/h1-5,16,21H,6H2,(H,19,20). The second kappa shape index (κ2) is 4.13. The zero-order chi connectivity index (χ0) is 15.4. The molecule has 0 saturated carbocycles. The number of aliphatic hydroxyl groups is 1. The third kappa shape index (κ3) is 1.59. The number of aliphatic carboxylic acids is 1. The Morgan fingerprint density at radius 1 is 1.19 bits per heavy atom. The molecular formula is C15H10O6. The molecule has 3 rings (SSSR count). The molecule has 2 aliphatic carbocycles. The smallest absolute Gasteiger partial charge is 0.340 e. The molecule has 106 valence electrons. The summed E-state index contributed by atoms with van der Waals surface area (Å²) in [6.45, 7) is 0. The maximum absolute atomic E-state index is 12.5. The monoisotopic (exact) mass is 286 g/mol. The first-order chi connectivity index (χ1) is 9.88. The Hall–Kier alpha value is -2.73. The van der Waals surface area contributed by atoms with Crippen LogP contribution >= 0.6 is 0 Å². The van der Waals surface area contributed by atoms with Gasteiger partial charge in [-0.25, -0.2) is 4.79 Å². The lowest BCUT2D eigenvalue weighted by Gasteiger charge is -2.32. The quantitative estimate of drug-likeness (QED) is 0.705. The van der Waals surface area contributed by atoms with Crippen molar-refractivity contribution < 1.29 is 29.7 Å². The Morgan fingerprint density at radius 3 is 2.57 bits per heavy atom. The van der Waals surface area contributed by atoms with Gasteiger partial charge in [0.05, 0.1) is 11.1 Å². The van der Waals surface area contributed by atoms with E-state index < -0.39 is 34.5 Å². The maximum Gasteiger partial charge on any atom is 0.340 e. The average molecular weight is 286 g/mol. The summed E-state index contributed by atoms with van der Waals surface area (Å²) in [6, 6.07) is 4.02. The zero-order valence-electron chi connectivity index (χ0n) is 10.7. The number of hydrogen-bond donors (Lipinski definition) is 3. The van der Waals surface area contributed by atoms with Crippen molar-refractivity contribution in [3.05, 3.63) is 52.6 Å². The highest BCUT2D eigenvalue weighted by Gasteiger charge is 2.50. The Bertz CT molecular complexity index is 770. The fraction of sp³-hybridized carbons (Fsp3) is 0.133. The second-order valence-corrected chi connectivity index (χ2v) is 4.92. The van der Waals surface area contributed by atoms with Crippen LogP contribution in [0.3, 0.4) is 0 Å². The van der Waals surface area contributed by atoms with Gasteiger partial charge < -0.3 is 15.3 Å². The number of carbonyl (C=O) groups is 3. The zero-order valence-corrected chi connectivity index (χ0v) is 10.7. The normalized spacial score (nSPS) is 23.9. The van der Waals surface area contributed by atoms with Crippen LogP contribution in [0.25, 0.3) is 0 Å². The van der Waals surface area contributed by atoms with E-state index in [0.29, 0.717) is 0 Å². The molecule has 21 heavy (non-hydrogen) atoms. The molecule has 0 amide bonds. The molecule has 1 atom stereocenters. The van der Waals surface area contributed by atoms with Crippen LogP contribution in [0.15, 0.2) is 41.5 Å². The van der Waals surface area contributed by atoms with E-state index in [2.05, 4.69) is 0 Å². The van der Waals surface area contributed by atoms with Gasteiger partial charge in [-0.05, 0) is 6.07 Å². The SMILES string of the molecule is O=C1C2=C(C(=O)c3c(O)cccc31)C(O)(C(=O)O)CC=C2. The number of benzene rings is 1. The van der Waals surface area contributed by atoms with Crippen LogP contribution in [0.2, 0.25) is 0 Å². The van der Waals surface area contributed by atoms with Crippen LogP contribution in [-0.4, -0.2) is 38.5 Å². The van der Waals surface area contributed by atoms with E-state index in [-0.39, 0.29) is 23.1 Å². The number of allylic oxidation sites excluding steroid dienone is 2. The molecule has 1 aromatic rings. The highest BCUT2D eigenvalue weighted by Crippen LogP contribution is 2.40. The summed E-state index contributed by atoms with van der Waals surface area (Å²) in [7, 11) is 0. The van der Waals surface area contributed by atoms with Gasteiger partial charge in [-0.1, -0.05) is 24.3 Å². The Balaban J connectivity index is 2.33. The Morgan fingerprint density at radius 2 is 1.90 bits per heavy atom. The highest BCUT2D eigenvalue weighted by atomic mass is 16.4. The second-order valence-electron chi connectivity index (χ2n) is 4.92. The van der Waals surface area contributed by atoms with Gasteiger partial charge in [0.25, 0.3) is 0 Å². The van der Waals surface area contributed by atoms with Crippen molar-refractivity contribution in [2.24, 2.45) is 0 Å². The predicted molar refractivity (Wildman–Crippen MR) is 70.1 cm³/mol. The number of rotatable bonds is 1. The van der Waals surface area contributed by atoms with Gasteiger partial charge in [0, 0.05) is 17.6 Å². The molecule has 0 spiro atoms. The largest absolute Gasteiger partial charge is 0.507 e. The van der Waals surface area contributed by atoms with Gasteiger partial charge in [-0.2, -0.15) is 0 Å². The number of carboxylic acid groups (broad SMARTS) is 1. The number of carboxylic acids is 1. The van der Waals surface area contributed by atoms with Gasteiger partial charge in [0.1, 0.15) is 5.75 Å². The van der Waals surface area contributed by atoms with E-state index >= 15 is 0 Å². The highest BCUT2D eigenvalue weighted by molar-refractivity contribution is 6.31. The fourth-order valence-corrected chi connectivity index (χ4v) is 2.69. The molecule has 1 aromatic carbocycles. The van der Waals surface area contributed by atoms with Crippen LogP contribution in [-0.2, 0) is 4.79 Å². The maximum atomic E-state index is 12.5. The van der Waals surface area contributed by atoms with Crippen LogP contribution in [0.5, 0.6) is 5.75 Å². The minimum Gasteiger partial charge on any atom is -0.507 e. The number of carbonyl (C=O) groups excluding carboxylic acids is 2. The lowest BCUT2D eigenvalue weighted by molar-refractivity contribution is -0.154. The van der Waals surface area contributed by atoms with Crippen molar-refractivity contribution in [1.29, 1.82) is 0 Å². The molecule has 3 N–H and O–H groups in total. The summed E-state index contributed by atoms with van der Waals surface area (Å²) >= 11 is 0. The summed E-state index contributed by atoms with van der Waals surface area (Å²) in [5, 5.41) is 29.3. The molecule has 6 nitrogen and oxygen atoms in total. The number of phenols is 1. The molecule has 0 fully saturated rings. The minimum atomic E-state index is -2.46. The van der Waals surface area contributed by atoms with Gasteiger partial charge in [-0.15, -0.1) is 0 Å². The lowest BCUT2D eigenvalue weighted by atomic mass is 9.72. The summed E-state index contributed by atoms with van der Waals surface area (Å²) in [5.41, 5.74) is -3.36. The van der Waals surface area contributed by atoms with E-state index in [1.54, 1.807) is 0 Å². The molecule has 0 radical (unpaired) electrons. The fourth-order valence-electron chi connectivity index (χ4n) is 2.69. The van der Waals surface area contributed by atoms with Crippen molar-refractivity contribution in [1.82, 2.24) is 0 Å². The average Bonchev–Trinajstić information content (AvgIpc) is 2.44. The van der Waals surface area contributed by atoms with E-state index in [0.717, 1.165) is 0 Å². The van der Waals surface area contributed by atoms with Crippen LogP contribution < -0.4 is 0 Å². The summed E-state index contributed by atoms with van der Waals surface area (Å²) in [5.74, 6) is -3.46. The first kappa shape index (κ1) is 13.3. The molecule has 0 saturated heterocycles. The van der Waals surface area contributed by atoms with E-state index in [1.807, 2.05) is 0 Å². The van der Waals surface area contributed by atoms with Crippen molar-refractivity contribution in [3.8, 4) is 5.75 Å². The summed E-state index contributed by atoms with van der Waals surface area (Å²) in [6.07, 6.45) is 2.36. The van der Waals surface area contributed by atoms with E-state index in [1.165, 1.54) is 30.4 Å². The summed E-state index contributed by atoms with van der Waals surface area (Å²) in [4.78, 5) is 36.2. The molecule has 0 aliphatic heterocycles. The number of hydrogen-bond acceptors (Lipinski definition) is 5. The van der Waals surface area contributed by atoms with Gasteiger partial charge >= 0.3 is 5.97 Å². The number of phenolic OH excluding ortho intramolecular Hbond substituents is 1. The molecule has 6 heteroatoms. The number of Topliss-reactive ketones (excluding diaryl/α,β-unsaturated/α-hetero) is 2. The van der Waals surface area contributed by atoms with Gasteiger partial charge in [0.2, 0.25) is 0 Å². The van der Waals surface area contributed by atoms with Crippen molar-refractivity contribution in [3.63, 3.8) is 0 Å². The first-order valence-electron chi connectivity index (χ1n) is 6.16. The molecule has 0 aromatic heterocycles. The molecule has 1 unspecified atom stereocenters. The van der Waals surface area contributed by atoms with Crippen LogP contribution in [0.1, 0.15) is 27.1 Å². The molecule has 0 heterocycles. The summed E-state index contributed by atoms with van der Waals surface area (Å²) < 4.78 is 0. The van der Waals surface area contributed by atoms with Crippen LogP contribution in [0, 0.1) is 0 Å². The van der Waals surface area contributed by atoms with Gasteiger partial charge in [-0.3, -0.25) is 9.59 Å². The van der Waals surface area contributed by atoms with Crippen molar-refractivity contribution in [2.45, 2.75) is 12.0 Å². The number of fused-ring (bicyclic) bond motifs is 1.